The molecule has 40 heavy (non-hydrogen) atoms. The van der Waals surface area contributed by atoms with Gasteiger partial charge in [-0.25, -0.2) is 4.57 Å². The van der Waals surface area contributed by atoms with Gasteiger partial charge in [0.05, 0.1) is 19.8 Å². The van der Waals surface area contributed by atoms with E-state index in [1.54, 1.807) is 0 Å². The zero-order valence-corrected chi connectivity index (χ0v) is 26.5. The first kappa shape index (κ1) is 39.0. The summed E-state index contributed by atoms with van der Waals surface area (Å²) in [5.74, 6) is -0.343. The molecule has 0 aliphatic rings. The lowest BCUT2D eigenvalue weighted by Gasteiger charge is -2.20. The van der Waals surface area contributed by atoms with Crippen LogP contribution in [0.3, 0.4) is 0 Å². The molecule has 0 saturated carbocycles. The molecule has 0 amide bonds. The second kappa shape index (κ2) is 29.5. The molecule has 0 rings (SSSR count). The summed E-state index contributed by atoms with van der Waals surface area (Å²) in [5, 5.41) is 0. The Bertz CT molecular complexity index is 672. The van der Waals surface area contributed by atoms with Gasteiger partial charge in [-0.1, -0.05) is 109 Å². The van der Waals surface area contributed by atoms with Crippen LogP contribution in [0.15, 0.2) is 24.3 Å². The maximum Gasteiger partial charge on any atom is 0.472 e. The number of phosphoric acid groups is 1. The molecule has 3 N–H and O–H groups in total. The van der Waals surface area contributed by atoms with Crippen LogP contribution in [0.4, 0.5) is 0 Å². The van der Waals surface area contributed by atoms with Crippen molar-refractivity contribution in [1.82, 2.24) is 0 Å². The molecule has 2 unspecified atom stereocenters. The van der Waals surface area contributed by atoms with Crippen molar-refractivity contribution in [1.29, 1.82) is 0 Å². The summed E-state index contributed by atoms with van der Waals surface area (Å²) in [5.41, 5.74) is 5.32. The van der Waals surface area contributed by atoms with Gasteiger partial charge in [-0.3, -0.25) is 13.8 Å². The molecule has 0 saturated heterocycles. The van der Waals surface area contributed by atoms with E-state index in [2.05, 4.69) is 38.2 Å². The van der Waals surface area contributed by atoms with Gasteiger partial charge in [0.25, 0.3) is 0 Å². The van der Waals surface area contributed by atoms with E-state index in [1.807, 2.05) is 0 Å². The van der Waals surface area contributed by atoms with E-state index in [0.717, 1.165) is 44.9 Å². The van der Waals surface area contributed by atoms with Crippen LogP contribution in [0.2, 0.25) is 0 Å². The molecular weight excluding hydrogens is 529 g/mol. The van der Waals surface area contributed by atoms with Crippen molar-refractivity contribution in [3.63, 3.8) is 0 Å². The van der Waals surface area contributed by atoms with Crippen LogP contribution in [0.25, 0.3) is 0 Å². The molecule has 0 heterocycles. The first-order chi connectivity index (χ1) is 19.4. The van der Waals surface area contributed by atoms with Crippen LogP contribution in [0.5, 0.6) is 0 Å². The van der Waals surface area contributed by atoms with Crippen molar-refractivity contribution in [2.24, 2.45) is 5.73 Å². The fraction of sp³-hybridized carbons (Fsp3) is 0.839. The molecule has 0 fully saturated rings. The quantitative estimate of drug-likeness (QED) is 0.0373. The van der Waals surface area contributed by atoms with Crippen LogP contribution in [0.1, 0.15) is 129 Å². The minimum Gasteiger partial charge on any atom is -0.457 e. The van der Waals surface area contributed by atoms with Crippen LogP contribution < -0.4 is 5.73 Å². The van der Waals surface area contributed by atoms with Gasteiger partial charge >= 0.3 is 13.8 Å². The number of esters is 1. The summed E-state index contributed by atoms with van der Waals surface area (Å²) in [7, 11) is -4.26. The summed E-state index contributed by atoms with van der Waals surface area (Å²) >= 11 is 0. The molecule has 0 bridgehead atoms. The highest BCUT2D eigenvalue weighted by Crippen LogP contribution is 2.43. The predicted octanol–water partition coefficient (Wildman–Crippen LogP) is 8.18. The van der Waals surface area contributed by atoms with Gasteiger partial charge in [0.15, 0.2) is 0 Å². The Morgan fingerprint density at radius 3 is 2.05 bits per heavy atom. The van der Waals surface area contributed by atoms with Crippen LogP contribution in [-0.2, 0) is 27.9 Å². The SMILES string of the molecule is CCC/C=C\C/C=C\CCCCCCCCOCC(COP(=O)(O)OCCN)OC(=O)CCCCCCCCC. The van der Waals surface area contributed by atoms with E-state index in [0.29, 0.717) is 13.0 Å². The molecule has 0 aliphatic heterocycles. The molecule has 0 spiro atoms. The molecule has 0 aromatic heterocycles. The van der Waals surface area contributed by atoms with Crippen molar-refractivity contribution in [3.8, 4) is 0 Å². The first-order valence-electron chi connectivity index (χ1n) is 15.8. The van der Waals surface area contributed by atoms with E-state index in [-0.39, 0.29) is 32.3 Å². The number of nitrogens with two attached hydrogens (primary N) is 1. The smallest absolute Gasteiger partial charge is 0.457 e. The first-order valence-corrected chi connectivity index (χ1v) is 17.3. The molecule has 0 aromatic rings. The molecule has 236 valence electrons. The number of carbonyl (C=O) groups excluding carboxylic acids is 1. The van der Waals surface area contributed by atoms with Crippen molar-refractivity contribution in [2.45, 2.75) is 136 Å². The Morgan fingerprint density at radius 2 is 1.38 bits per heavy atom. The third kappa shape index (κ3) is 28.5. The van der Waals surface area contributed by atoms with Gasteiger partial charge in [0, 0.05) is 19.6 Å². The highest BCUT2D eigenvalue weighted by molar-refractivity contribution is 7.47. The van der Waals surface area contributed by atoms with Gasteiger partial charge in [0.1, 0.15) is 6.10 Å². The summed E-state index contributed by atoms with van der Waals surface area (Å²) in [6.07, 6.45) is 27.7. The van der Waals surface area contributed by atoms with Crippen molar-refractivity contribution < 1.29 is 32.8 Å². The van der Waals surface area contributed by atoms with Gasteiger partial charge in [-0.05, 0) is 38.5 Å². The van der Waals surface area contributed by atoms with Crippen molar-refractivity contribution >= 4 is 13.8 Å². The Morgan fingerprint density at radius 1 is 0.750 bits per heavy atom. The van der Waals surface area contributed by atoms with Crippen molar-refractivity contribution in [3.05, 3.63) is 24.3 Å². The summed E-state index contributed by atoms with van der Waals surface area (Å²) in [4.78, 5) is 22.1. The molecule has 0 aromatic carbocycles. The lowest BCUT2D eigenvalue weighted by atomic mass is 10.1. The Balaban J connectivity index is 4.13. The predicted molar refractivity (Wildman–Crippen MR) is 164 cm³/mol. The molecule has 2 atom stereocenters. The maximum atomic E-state index is 12.3. The number of hydrogen-bond donors (Lipinski definition) is 2. The molecule has 8 nitrogen and oxygen atoms in total. The van der Waals surface area contributed by atoms with Gasteiger partial charge in [-0.15, -0.1) is 0 Å². The number of unbranched alkanes of at least 4 members (excludes halogenated alkanes) is 13. The standard InChI is InChI=1S/C31H60NO7P/c1-3-5-7-9-11-12-13-14-15-16-17-19-21-23-26-36-28-30(29-38-40(34,35)37-27-25-32)39-31(33)24-22-20-18-10-8-6-4-2/h7,9,12-13,30H,3-6,8,10-11,14-29,32H2,1-2H3,(H,34,35)/b9-7-,13-12-. The number of carbonyl (C=O) groups is 1. The number of allylic oxidation sites excluding steroid dienone is 4. The largest absolute Gasteiger partial charge is 0.472 e. The average molecular weight is 590 g/mol. The molecule has 9 heteroatoms. The topological polar surface area (TPSA) is 117 Å². The van der Waals surface area contributed by atoms with Crippen LogP contribution in [0, 0.1) is 0 Å². The fourth-order valence-corrected chi connectivity index (χ4v) is 4.80. The van der Waals surface area contributed by atoms with Crippen LogP contribution >= 0.6 is 7.82 Å². The summed E-state index contributed by atoms with van der Waals surface area (Å²) < 4.78 is 33.0. The fourth-order valence-electron chi connectivity index (χ4n) is 4.03. The highest BCUT2D eigenvalue weighted by atomic mass is 31.2. The Labute approximate surface area is 245 Å². The minimum atomic E-state index is -4.26. The van der Waals surface area contributed by atoms with Crippen molar-refractivity contribution in [2.75, 3.05) is 33.0 Å². The second-order valence-electron chi connectivity index (χ2n) is 10.3. The molecular formula is C31H60NO7P. The van der Waals surface area contributed by atoms with E-state index in [9.17, 15) is 14.3 Å². The van der Waals surface area contributed by atoms with Gasteiger partial charge in [0.2, 0.25) is 0 Å². The zero-order valence-electron chi connectivity index (χ0n) is 25.6. The Hall–Kier alpha value is -1.02. The maximum absolute atomic E-state index is 12.3. The average Bonchev–Trinajstić information content (AvgIpc) is 2.94. The number of hydrogen-bond acceptors (Lipinski definition) is 7. The molecule has 0 radical (unpaired) electrons. The number of phosphoric ester groups is 1. The Kier molecular flexibility index (Phi) is 28.7. The highest BCUT2D eigenvalue weighted by Gasteiger charge is 2.25. The van der Waals surface area contributed by atoms with E-state index in [4.69, 9.17) is 24.3 Å². The van der Waals surface area contributed by atoms with Crippen LogP contribution in [-0.4, -0.2) is 49.9 Å². The minimum absolute atomic E-state index is 0.0968. The summed E-state index contributed by atoms with van der Waals surface area (Å²) in [6.45, 7) is 4.77. The van der Waals surface area contributed by atoms with E-state index in [1.165, 1.54) is 64.2 Å². The lowest BCUT2D eigenvalue weighted by molar-refractivity contribution is -0.154. The lowest BCUT2D eigenvalue weighted by Crippen LogP contribution is -2.28. The monoisotopic (exact) mass is 589 g/mol. The normalized spacial score (nSPS) is 14.2. The molecule has 0 aliphatic carbocycles. The third-order valence-corrected chi connectivity index (χ3v) is 7.34. The van der Waals surface area contributed by atoms with Gasteiger partial charge in [-0.2, -0.15) is 0 Å². The summed E-state index contributed by atoms with van der Waals surface area (Å²) in [6, 6.07) is 0. The van der Waals surface area contributed by atoms with E-state index < -0.39 is 13.9 Å². The zero-order chi connectivity index (χ0) is 29.6. The number of rotatable bonds is 30. The number of ether oxygens (including phenoxy) is 2. The van der Waals surface area contributed by atoms with Gasteiger partial charge < -0.3 is 20.1 Å². The second-order valence-corrected chi connectivity index (χ2v) is 11.8. The third-order valence-electron chi connectivity index (χ3n) is 6.35. The van der Waals surface area contributed by atoms with E-state index >= 15 is 0 Å².